The maximum atomic E-state index is 12.3. The molecule has 0 aliphatic rings. The van der Waals surface area contributed by atoms with Crippen molar-refractivity contribution < 1.29 is 4.79 Å². The molecule has 120 valence electrons. The van der Waals surface area contributed by atoms with Crippen LogP contribution < -0.4 is 0 Å². The highest BCUT2D eigenvalue weighted by atomic mass is 16.2. The van der Waals surface area contributed by atoms with E-state index < -0.39 is 0 Å². The smallest absolute Gasteiger partial charge is 0.224 e. The first kappa shape index (κ1) is 19.4. The van der Waals surface area contributed by atoms with Gasteiger partial charge < -0.3 is 9.80 Å². The molecule has 0 aliphatic carbocycles. The Kier molecular flexibility index (Phi) is 11.8. The molecule has 0 radical (unpaired) electrons. The molecule has 0 aromatic heterocycles. The fourth-order valence-corrected chi connectivity index (χ4v) is 2.87. The second-order valence-electron chi connectivity index (χ2n) is 5.49. The van der Waals surface area contributed by atoms with E-state index in [-0.39, 0.29) is 0 Å². The van der Waals surface area contributed by atoms with Crippen LogP contribution in [0.3, 0.4) is 0 Å². The van der Waals surface area contributed by atoms with Gasteiger partial charge in [-0.15, -0.1) is 0 Å². The largest absolute Gasteiger partial charge is 0.343 e. The van der Waals surface area contributed by atoms with Crippen LogP contribution in [0.15, 0.2) is 0 Å². The third-order valence-electron chi connectivity index (χ3n) is 4.25. The molecular weight excluding hydrogens is 248 g/mol. The molecule has 0 aromatic carbocycles. The number of carbonyl (C=O) groups excluding carboxylic acids is 1. The molecule has 0 bridgehead atoms. The Balaban J connectivity index is 4.47. The van der Waals surface area contributed by atoms with Gasteiger partial charge in [-0.2, -0.15) is 0 Å². The number of amides is 1. The Bertz CT molecular complexity index is 235. The average molecular weight is 284 g/mol. The molecule has 0 heterocycles. The first-order chi connectivity index (χ1) is 9.64. The third kappa shape index (κ3) is 7.28. The van der Waals surface area contributed by atoms with Crippen molar-refractivity contribution in [2.75, 3.05) is 26.2 Å². The van der Waals surface area contributed by atoms with E-state index >= 15 is 0 Å². The van der Waals surface area contributed by atoms with E-state index in [1.165, 1.54) is 25.7 Å². The molecule has 0 saturated carbocycles. The van der Waals surface area contributed by atoms with E-state index in [0.29, 0.717) is 18.4 Å². The average Bonchev–Trinajstić information content (AvgIpc) is 2.45. The van der Waals surface area contributed by atoms with E-state index in [0.717, 1.165) is 32.6 Å². The van der Waals surface area contributed by atoms with Crippen molar-refractivity contribution in [3.63, 3.8) is 0 Å². The Morgan fingerprint density at radius 1 is 0.850 bits per heavy atom. The summed E-state index contributed by atoms with van der Waals surface area (Å²) in [5.41, 5.74) is 0. The van der Waals surface area contributed by atoms with Gasteiger partial charge in [-0.3, -0.25) is 4.79 Å². The summed E-state index contributed by atoms with van der Waals surface area (Å²) in [6.07, 6.45) is 6.99. The zero-order valence-electron chi connectivity index (χ0n) is 14.5. The van der Waals surface area contributed by atoms with Gasteiger partial charge in [-0.05, 0) is 33.4 Å². The van der Waals surface area contributed by atoms with E-state index in [9.17, 15) is 4.79 Å². The Hall–Kier alpha value is -0.570. The molecule has 0 fully saturated rings. The maximum absolute atomic E-state index is 12.3. The monoisotopic (exact) mass is 284 g/mol. The van der Waals surface area contributed by atoms with Crippen LogP contribution in [0, 0.1) is 0 Å². The number of carbonyl (C=O) groups is 1. The topological polar surface area (TPSA) is 23.6 Å². The normalized spacial score (nSPS) is 12.7. The van der Waals surface area contributed by atoms with Crippen LogP contribution >= 0.6 is 0 Å². The first-order valence-electron chi connectivity index (χ1n) is 8.66. The third-order valence-corrected chi connectivity index (χ3v) is 4.25. The zero-order valence-corrected chi connectivity index (χ0v) is 14.5. The van der Waals surface area contributed by atoms with E-state index in [1.54, 1.807) is 0 Å². The Morgan fingerprint density at radius 2 is 1.45 bits per heavy atom. The lowest BCUT2D eigenvalue weighted by Crippen LogP contribution is -2.41. The summed E-state index contributed by atoms with van der Waals surface area (Å²) in [6, 6.07) is 0.426. The van der Waals surface area contributed by atoms with Crippen LogP contribution in [0.1, 0.15) is 73.1 Å². The summed E-state index contributed by atoms with van der Waals surface area (Å²) < 4.78 is 0. The minimum Gasteiger partial charge on any atom is -0.343 e. The van der Waals surface area contributed by atoms with Gasteiger partial charge in [-0.1, -0.05) is 46.5 Å². The molecule has 0 saturated heterocycles. The number of rotatable bonds is 12. The van der Waals surface area contributed by atoms with E-state index in [1.807, 2.05) is 4.90 Å². The summed E-state index contributed by atoms with van der Waals surface area (Å²) >= 11 is 0. The molecule has 1 amide bonds. The predicted molar refractivity (Wildman–Crippen MR) is 88.0 cm³/mol. The highest BCUT2D eigenvalue weighted by Gasteiger charge is 2.21. The number of hydrogen-bond acceptors (Lipinski definition) is 2. The summed E-state index contributed by atoms with van der Waals surface area (Å²) in [6.45, 7) is 14.5. The molecule has 1 unspecified atom stereocenters. The minimum absolute atomic E-state index is 0.322. The minimum atomic E-state index is 0.322. The molecule has 0 spiro atoms. The van der Waals surface area contributed by atoms with Crippen molar-refractivity contribution in [2.24, 2.45) is 0 Å². The zero-order chi connectivity index (χ0) is 15.4. The van der Waals surface area contributed by atoms with Crippen LogP contribution in [-0.2, 0) is 4.79 Å². The van der Waals surface area contributed by atoms with E-state index in [4.69, 9.17) is 0 Å². The molecule has 0 aliphatic heterocycles. The lowest BCUT2D eigenvalue weighted by atomic mass is 10.0. The molecule has 20 heavy (non-hydrogen) atoms. The van der Waals surface area contributed by atoms with Gasteiger partial charge in [0.15, 0.2) is 0 Å². The van der Waals surface area contributed by atoms with Gasteiger partial charge in [0.1, 0.15) is 0 Å². The van der Waals surface area contributed by atoms with Gasteiger partial charge in [-0.25, -0.2) is 0 Å². The second kappa shape index (κ2) is 12.2. The highest BCUT2D eigenvalue weighted by molar-refractivity contribution is 5.76. The Morgan fingerprint density at radius 3 is 1.90 bits per heavy atom. The van der Waals surface area contributed by atoms with Gasteiger partial charge >= 0.3 is 0 Å². The van der Waals surface area contributed by atoms with Crippen LogP contribution in [0.5, 0.6) is 0 Å². The number of hydrogen-bond donors (Lipinski definition) is 0. The number of unbranched alkanes of at least 4 members (excludes halogenated alkanes) is 3. The predicted octanol–water partition coefficient (Wildman–Crippen LogP) is 3.93. The molecule has 1 atom stereocenters. The summed E-state index contributed by atoms with van der Waals surface area (Å²) in [5, 5.41) is 0. The van der Waals surface area contributed by atoms with E-state index in [2.05, 4.69) is 39.5 Å². The summed E-state index contributed by atoms with van der Waals surface area (Å²) in [7, 11) is 0. The maximum Gasteiger partial charge on any atom is 0.224 e. The van der Waals surface area contributed by atoms with Gasteiger partial charge in [0.05, 0.1) is 0 Å². The standard InChI is InChI=1S/C17H36N2O/c1-6-11-12-13-14-16(18(7-2)8-3)15-17(20)19(9-4)10-5/h16H,6-15H2,1-5H3. The van der Waals surface area contributed by atoms with Crippen molar-refractivity contribution in [1.29, 1.82) is 0 Å². The Labute approximate surface area is 126 Å². The van der Waals surface area contributed by atoms with Gasteiger partial charge in [0, 0.05) is 25.6 Å². The van der Waals surface area contributed by atoms with Crippen molar-refractivity contribution >= 4 is 5.91 Å². The number of nitrogens with zero attached hydrogens (tertiary/aromatic N) is 2. The van der Waals surface area contributed by atoms with Crippen molar-refractivity contribution in [3.05, 3.63) is 0 Å². The fourth-order valence-electron chi connectivity index (χ4n) is 2.87. The molecule has 3 nitrogen and oxygen atoms in total. The van der Waals surface area contributed by atoms with Crippen molar-refractivity contribution in [3.8, 4) is 0 Å². The highest BCUT2D eigenvalue weighted by Crippen LogP contribution is 2.15. The molecule has 0 aromatic rings. The van der Waals surface area contributed by atoms with Crippen LogP contribution in [0.2, 0.25) is 0 Å². The van der Waals surface area contributed by atoms with Crippen molar-refractivity contribution in [1.82, 2.24) is 9.80 Å². The first-order valence-corrected chi connectivity index (χ1v) is 8.66. The van der Waals surface area contributed by atoms with Gasteiger partial charge in [0.25, 0.3) is 0 Å². The van der Waals surface area contributed by atoms with Crippen LogP contribution in [0.25, 0.3) is 0 Å². The van der Waals surface area contributed by atoms with Crippen molar-refractivity contribution in [2.45, 2.75) is 79.2 Å². The lowest BCUT2D eigenvalue weighted by molar-refractivity contribution is -0.132. The van der Waals surface area contributed by atoms with Gasteiger partial charge in [0.2, 0.25) is 5.91 Å². The molecule has 0 rings (SSSR count). The van der Waals surface area contributed by atoms with Crippen LogP contribution in [0.4, 0.5) is 0 Å². The fraction of sp³-hybridized carbons (Fsp3) is 0.941. The SMILES string of the molecule is CCCCCCC(CC(=O)N(CC)CC)N(CC)CC. The molecule has 3 heteroatoms. The summed E-state index contributed by atoms with van der Waals surface area (Å²) in [5.74, 6) is 0.322. The summed E-state index contributed by atoms with van der Waals surface area (Å²) in [4.78, 5) is 16.8. The quantitative estimate of drug-likeness (QED) is 0.507. The second-order valence-corrected chi connectivity index (χ2v) is 5.49. The van der Waals surface area contributed by atoms with Crippen LogP contribution in [-0.4, -0.2) is 47.9 Å². The molecular formula is C17H36N2O. The molecule has 0 N–H and O–H groups in total. The lowest BCUT2D eigenvalue weighted by Gasteiger charge is -2.31.